The van der Waals surface area contributed by atoms with Crippen molar-refractivity contribution in [1.82, 2.24) is 5.32 Å². The molecule has 0 atom stereocenters. The van der Waals surface area contributed by atoms with E-state index in [0.29, 0.717) is 6.42 Å². The number of hydrogen-bond acceptors (Lipinski definition) is 1. The number of carbonyl (C=O) groups is 1. The van der Waals surface area contributed by atoms with Crippen molar-refractivity contribution in [1.29, 1.82) is 0 Å². The van der Waals surface area contributed by atoms with Gasteiger partial charge < -0.3 is 5.32 Å². The van der Waals surface area contributed by atoms with Gasteiger partial charge in [-0.1, -0.05) is 39.0 Å². The number of carbonyl (C=O) groups excluding carboxylic acids is 1. The van der Waals surface area contributed by atoms with Gasteiger partial charge in [0.2, 0.25) is 5.91 Å². The highest BCUT2D eigenvalue weighted by atomic mass is 16.1. The van der Waals surface area contributed by atoms with Crippen LogP contribution in [0, 0.1) is 0 Å². The second kappa shape index (κ2) is 9.56. The van der Waals surface area contributed by atoms with Gasteiger partial charge in [0.05, 0.1) is 0 Å². The maximum atomic E-state index is 11.0. The molecule has 0 saturated heterocycles. The van der Waals surface area contributed by atoms with E-state index in [-0.39, 0.29) is 5.91 Å². The highest BCUT2D eigenvalue weighted by Crippen LogP contribution is 2.06. The zero-order valence-corrected chi connectivity index (χ0v) is 9.07. The molecule has 0 heterocycles. The van der Waals surface area contributed by atoms with Crippen molar-refractivity contribution in [2.24, 2.45) is 0 Å². The van der Waals surface area contributed by atoms with Gasteiger partial charge in [-0.05, 0) is 13.3 Å². The van der Waals surface area contributed by atoms with E-state index in [1.54, 1.807) is 0 Å². The Morgan fingerprint density at radius 2 is 1.62 bits per heavy atom. The molecule has 78 valence electrons. The lowest BCUT2D eigenvalue weighted by Gasteiger charge is -2.01. The van der Waals surface area contributed by atoms with Crippen LogP contribution in [0.2, 0.25) is 0 Å². The molecule has 0 aromatic carbocycles. The molecule has 1 amide bonds. The Bertz CT molecular complexity index is 123. The minimum atomic E-state index is 0.206. The second-order valence-corrected chi connectivity index (χ2v) is 3.47. The summed E-state index contributed by atoms with van der Waals surface area (Å²) in [5.74, 6) is 0.206. The minimum Gasteiger partial charge on any atom is -0.356 e. The number of nitrogens with one attached hydrogen (secondary N) is 1. The summed E-state index contributed by atoms with van der Waals surface area (Å²) in [5.41, 5.74) is 0. The van der Waals surface area contributed by atoms with Crippen LogP contribution in [0.15, 0.2) is 0 Å². The van der Waals surface area contributed by atoms with Crippen molar-refractivity contribution in [2.45, 2.75) is 58.8 Å². The van der Waals surface area contributed by atoms with Crippen LogP contribution in [-0.2, 0) is 4.79 Å². The molecule has 0 aliphatic carbocycles. The molecular weight excluding hydrogens is 162 g/mol. The van der Waals surface area contributed by atoms with Crippen LogP contribution >= 0.6 is 0 Å². The van der Waals surface area contributed by atoms with Crippen LogP contribution in [0.3, 0.4) is 0 Å². The SMILES string of the molecule is CCCCCCCCC(=O)NCC. The molecule has 0 bridgehead atoms. The van der Waals surface area contributed by atoms with Crippen molar-refractivity contribution in [3.8, 4) is 0 Å². The molecule has 0 rings (SSSR count). The van der Waals surface area contributed by atoms with Gasteiger partial charge in [-0.25, -0.2) is 0 Å². The fraction of sp³-hybridized carbons (Fsp3) is 0.909. The fourth-order valence-electron chi connectivity index (χ4n) is 1.35. The van der Waals surface area contributed by atoms with E-state index in [4.69, 9.17) is 0 Å². The largest absolute Gasteiger partial charge is 0.356 e. The molecule has 0 saturated carbocycles. The van der Waals surface area contributed by atoms with Crippen LogP contribution in [0.1, 0.15) is 58.8 Å². The van der Waals surface area contributed by atoms with Crippen LogP contribution in [0.5, 0.6) is 0 Å². The second-order valence-electron chi connectivity index (χ2n) is 3.47. The summed E-state index contributed by atoms with van der Waals surface area (Å²) in [4.78, 5) is 11.0. The Kier molecular flexibility index (Phi) is 9.17. The standard InChI is InChI=1S/C11H23NO/c1-3-5-6-7-8-9-10-11(13)12-4-2/h3-10H2,1-2H3,(H,12,13). The summed E-state index contributed by atoms with van der Waals surface area (Å²) in [6.45, 7) is 4.93. The van der Waals surface area contributed by atoms with E-state index >= 15 is 0 Å². The molecule has 2 heteroatoms. The number of amides is 1. The van der Waals surface area contributed by atoms with Crippen LogP contribution < -0.4 is 5.32 Å². The molecule has 13 heavy (non-hydrogen) atoms. The van der Waals surface area contributed by atoms with Gasteiger partial charge in [-0.2, -0.15) is 0 Å². The van der Waals surface area contributed by atoms with Gasteiger partial charge in [0.25, 0.3) is 0 Å². The third-order valence-corrected chi connectivity index (χ3v) is 2.13. The Labute approximate surface area is 82.1 Å². The molecule has 0 aromatic heterocycles. The Morgan fingerprint density at radius 3 is 2.23 bits per heavy atom. The molecule has 1 N–H and O–H groups in total. The zero-order valence-electron chi connectivity index (χ0n) is 9.07. The summed E-state index contributed by atoms with van der Waals surface area (Å²) in [6.07, 6.45) is 8.20. The lowest BCUT2D eigenvalue weighted by Crippen LogP contribution is -2.21. The third-order valence-electron chi connectivity index (χ3n) is 2.13. The number of unbranched alkanes of at least 4 members (excludes halogenated alkanes) is 5. The van der Waals surface area contributed by atoms with E-state index in [0.717, 1.165) is 13.0 Å². The number of hydrogen-bond donors (Lipinski definition) is 1. The van der Waals surface area contributed by atoms with E-state index in [1.165, 1.54) is 32.1 Å². The molecule has 2 nitrogen and oxygen atoms in total. The average molecular weight is 185 g/mol. The molecule has 0 fully saturated rings. The predicted octanol–water partition coefficient (Wildman–Crippen LogP) is 2.87. The molecule has 0 unspecified atom stereocenters. The van der Waals surface area contributed by atoms with Crippen LogP contribution in [0.25, 0.3) is 0 Å². The smallest absolute Gasteiger partial charge is 0.219 e. The maximum absolute atomic E-state index is 11.0. The number of rotatable bonds is 8. The lowest BCUT2D eigenvalue weighted by molar-refractivity contribution is -0.121. The van der Waals surface area contributed by atoms with Gasteiger partial charge in [0, 0.05) is 13.0 Å². The first-order valence-electron chi connectivity index (χ1n) is 5.58. The molecule has 0 aliphatic rings. The quantitative estimate of drug-likeness (QED) is 0.579. The molecular formula is C11H23NO. The highest BCUT2D eigenvalue weighted by molar-refractivity contribution is 5.75. The van der Waals surface area contributed by atoms with Crippen molar-refractivity contribution in [3.63, 3.8) is 0 Å². The predicted molar refractivity (Wildman–Crippen MR) is 56.7 cm³/mol. The fourth-order valence-corrected chi connectivity index (χ4v) is 1.35. The Hall–Kier alpha value is -0.530. The first kappa shape index (κ1) is 12.5. The Balaban J connectivity index is 3.02. The van der Waals surface area contributed by atoms with Crippen LogP contribution in [0.4, 0.5) is 0 Å². The first-order chi connectivity index (χ1) is 6.31. The van der Waals surface area contributed by atoms with E-state index in [2.05, 4.69) is 12.2 Å². The zero-order chi connectivity index (χ0) is 9.94. The lowest BCUT2D eigenvalue weighted by atomic mass is 10.1. The molecule has 0 radical (unpaired) electrons. The molecule has 0 aliphatic heterocycles. The van der Waals surface area contributed by atoms with Gasteiger partial charge >= 0.3 is 0 Å². The summed E-state index contributed by atoms with van der Waals surface area (Å²) in [7, 11) is 0. The van der Waals surface area contributed by atoms with E-state index < -0.39 is 0 Å². The summed E-state index contributed by atoms with van der Waals surface area (Å²) in [5, 5.41) is 2.81. The Morgan fingerprint density at radius 1 is 1.00 bits per heavy atom. The van der Waals surface area contributed by atoms with Crippen molar-refractivity contribution >= 4 is 5.91 Å². The molecule has 0 aromatic rings. The van der Waals surface area contributed by atoms with E-state index in [1.807, 2.05) is 6.92 Å². The van der Waals surface area contributed by atoms with Crippen molar-refractivity contribution in [3.05, 3.63) is 0 Å². The summed E-state index contributed by atoms with van der Waals surface area (Å²) in [6, 6.07) is 0. The first-order valence-corrected chi connectivity index (χ1v) is 5.58. The summed E-state index contributed by atoms with van der Waals surface area (Å²) >= 11 is 0. The highest BCUT2D eigenvalue weighted by Gasteiger charge is 1.97. The van der Waals surface area contributed by atoms with Gasteiger partial charge in [0.1, 0.15) is 0 Å². The van der Waals surface area contributed by atoms with Crippen LogP contribution in [-0.4, -0.2) is 12.5 Å². The van der Waals surface area contributed by atoms with Crippen molar-refractivity contribution in [2.75, 3.05) is 6.54 Å². The monoisotopic (exact) mass is 185 g/mol. The average Bonchev–Trinajstić information content (AvgIpc) is 2.11. The maximum Gasteiger partial charge on any atom is 0.219 e. The summed E-state index contributed by atoms with van der Waals surface area (Å²) < 4.78 is 0. The molecule has 0 spiro atoms. The van der Waals surface area contributed by atoms with E-state index in [9.17, 15) is 4.79 Å². The normalized spacial score (nSPS) is 10.0. The van der Waals surface area contributed by atoms with Gasteiger partial charge in [-0.15, -0.1) is 0 Å². The minimum absolute atomic E-state index is 0.206. The van der Waals surface area contributed by atoms with Crippen molar-refractivity contribution < 1.29 is 4.79 Å². The van der Waals surface area contributed by atoms with Gasteiger partial charge in [-0.3, -0.25) is 4.79 Å². The van der Waals surface area contributed by atoms with Gasteiger partial charge in [0.15, 0.2) is 0 Å². The third kappa shape index (κ3) is 9.38. The topological polar surface area (TPSA) is 29.1 Å².